The third-order valence-corrected chi connectivity index (χ3v) is 6.14. The average Bonchev–Trinajstić information content (AvgIpc) is 2.86. The molecule has 5 nitrogen and oxygen atoms in total. The highest BCUT2D eigenvalue weighted by Crippen LogP contribution is 2.30. The van der Waals surface area contributed by atoms with Crippen molar-refractivity contribution in [3.05, 3.63) is 58.9 Å². The first kappa shape index (κ1) is 26.6. The number of unbranched alkanes of at least 4 members (excludes halogenated alkanes) is 3. The lowest BCUT2D eigenvalue weighted by Gasteiger charge is -2.28. The molecule has 1 aliphatic carbocycles. The molecule has 2 aromatic rings. The highest BCUT2D eigenvalue weighted by atomic mass is 19.2. The van der Waals surface area contributed by atoms with E-state index < -0.39 is 34.7 Å². The van der Waals surface area contributed by atoms with Gasteiger partial charge < -0.3 is 14.2 Å². The molecule has 35 heavy (non-hydrogen) atoms. The Bertz CT molecular complexity index is 1030. The fraction of sp³-hybridized carbons (Fsp3) is 0.481. The monoisotopic (exact) mass is 489 g/mol. The molecule has 0 aliphatic heterocycles. The van der Waals surface area contributed by atoms with Crippen LogP contribution < -0.4 is 9.47 Å². The molecule has 3 rings (SSSR count). The van der Waals surface area contributed by atoms with Gasteiger partial charge in [0, 0.05) is 12.7 Å². The molecule has 0 spiro atoms. The summed E-state index contributed by atoms with van der Waals surface area (Å²) in [7, 11) is 0. The summed E-state index contributed by atoms with van der Waals surface area (Å²) in [5.41, 5.74) is -0.825. The fourth-order valence-corrected chi connectivity index (χ4v) is 4.07. The number of ether oxygens (including phenoxy) is 3. The van der Waals surface area contributed by atoms with Gasteiger partial charge in [-0.3, -0.25) is 0 Å². The van der Waals surface area contributed by atoms with Crippen molar-refractivity contribution in [2.75, 3.05) is 13.2 Å². The summed E-state index contributed by atoms with van der Waals surface area (Å²) in [4.78, 5) is 12.2. The van der Waals surface area contributed by atoms with Crippen molar-refractivity contribution in [1.82, 2.24) is 0 Å². The van der Waals surface area contributed by atoms with Gasteiger partial charge in [0.15, 0.2) is 11.6 Å². The molecule has 0 aromatic heterocycles. The van der Waals surface area contributed by atoms with Crippen LogP contribution in [0, 0.1) is 34.7 Å². The van der Waals surface area contributed by atoms with Gasteiger partial charge in [-0.15, -0.1) is 0 Å². The molecule has 1 fully saturated rings. The number of esters is 1. The largest absolute Gasteiger partial charge is 0.490 e. The summed E-state index contributed by atoms with van der Waals surface area (Å²) in [5.74, 6) is -6.26. The number of hydrogen-bond donors (Lipinski definition) is 0. The van der Waals surface area contributed by atoms with Crippen LogP contribution in [0.2, 0.25) is 0 Å². The van der Waals surface area contributed by atoms with Crippen molar-refractivity contribution in [3.63, 3.8) is 0 Å². The molecule has 1 aliphatic rings. The van der Waals surface area contributed by atoms with E-state index in [4.69, 9.17) is 19.5 Å². The molecule has 0 saturated heterocycles. The Morgan fingerprint density at radius 3 is 2.40 bits per heavy atom. The van der Waals surface area contributed by atoms with E-state index in [0.29, 0.717) is 11.6 Å². The number of carbonyl (C=O) groups is 1. The van der Waals surface area contributed by atoms with Gasteiger partial charge in [-0.1, -0.05) is 26.2 Å². The molecule has 2 aromatic carbocycles. The van der Waals surface area contributed by atoms with Gasteiger partial charge >= 0.3 is 5.97 Å². The van der Waals surface area contributed by atoms with Gasteiger partial charge in [0.1, 0.15) is 17.1 Å². The summed E-state index contributed by atoms with van der Waals surface area (Å²) in [5, 5.41) is 8.80. The van der Waals surface area contributed by atoms with Gasteiger partial charge in [0.05, 0.1) is 24.3 Å². The van der Waals surface area contributed by atoms with Gasteiger partial charge in [0.25, 0.3) is 0 Å². The quantitative estimate of drug-likeness (QED) is 0.152. The lowest BCUT2D eigenvalue weighted by Crippen LogP contribution is -2.25. The van der Waals surface area contributed by atoms with E-state index in [0.717, 1.165) is 38.7 Å². The van der Waals surface area contributed by atoms with E-state index in [9.17, 15) is 18.0 Å². The van der Waals surface area contributed by atoms with Crippen LogP contribution in [0.25, 0.3) is 0 Å². The summed E-state index contributed by atoms with van der Waals surface area (Å²) in [6.45, 7) is 3.05. The van der Waals surface area contributed by atoms with Crippen molar-refractivity contribution in [3.8, 4) is 17.6 Å². The maximum absolute atomic E-state index is 14.6. The first-order chi connectivity index (χ1) is 16.9. The molecule has 0 atom stereocenters. The lowest BCUT2D eigenvalue weighted by molar-refractivity contribution is 0.0109. The number of halogens is 3. The third-order valence-electron chi connectivity index (χ3n) is 6.14. The van der Waals surface area contributed by atoms with E-state index >= 15 is 0 Å². The predicted molar refractivity (Wildman–Crippen MR) is 124 cm³/mol. The molecule has 1 saturated carbocycles. The van der Waals surface area contributed by atoms with Crippen LogP contribution in [-0.4, -0.2) is 25.3 Å². The standard InChI is InChI=1S/C27H30F3NO4/c1-2-3-4-5-14-33-20-10-8-19(9-11-20)17-34-23-15-22(28)24(26(30)25(23)29)27(32)35-21-12-6-18(16-31)7-13-21/h6-7,12-13,15,19-20H,2-5,8-11,14,17H2,1H3. The number of carbonyl (C=O) groups excluding carboxylic acids is 1. The maximum atomic E-state index is 14.6. The van der Waals surface area contributed by atoms with Crippen molar-refractivity contribution in [2.45, 2.75) is 64.4 Å². The molecule has 188 valence electrons. The minimum Gasteiger partial charge on any atom is -0.490 e. The number of rotatable bonds is 11. The first-order valence-electron chi connectivity index (χ1n) is 12.1. The SMILES string of the molecule is CCCCCCOC1CCC(COc2cc(F)c(C(=O)Oc3ccc(C#N)cc3)c(F)c2F)CC1. The van der Waals surface area contributed by atoms with E-state index in [1.165, 1.54) is 43.5 Å². The molecule has 0 N–H and O–H groups in total. The molecule has 0 bridgehead atoms. The van der Waals surface area contributed by atoms with E-state index in [-0.39, 0.29) is 24.4 Å². The van der Waals surface area contributed by atoms with Crippen molar-refractivity contribution >= 4 is 5.97 Å². The first-order valence-corrected chi connectivity index (χ1v) is 12.1. The lowest BCUT2D eigenvalue weighted by atomic mass is 9.88. The zero-order valence-corrected chi connectivity index (χ0v) is 19.8. The molecule has 8 heteroatoms. The number of nitrogens with zero attached hydrogens (tertiary/aromatic N) is 1. The Kier molecular flexibility index (Phi) is 9.98. The maximum Gasteiger partial charge on any atom is 0.349 e. The minimum atomic E-state index is -1.67. The highest BCUT2D eigenvalue weighted by Gasteiger charge is 2.28. The Morgan fingerprint density at radius 1 is 1.03 bits per heavy atom. The second-order valence-electron chi connectivity index (χ2n) is 8.77. The van der Waals surface area contributed by atoms with Gasteiger partial charge in [0.2, 0.25) is 5.82 Å². The highest BCUT2D eigenvalue weighted by molar-refractivity contribution is 5.92. The molecule has 0 radical (unpaired) electrons. The fourth-order valence-electron chi connectivity index (χ4n) is 4.07. The Hall–Kier alpha value is -3.05. The van der Waals surface area contributed by atoms with Gasteiger partial charge in [-0.25, -0.2) is 13.6 Å². The molecule has 0 unspecified atom stereocenters. The Balaban J connectivity index is 1.52. The topological polar surface area (TPSA) is 68.6 Å². The van der Waals surface area contributed by atoms with Gasteiger partial charge in [-0.2, -0.15) is 9.65 Å². The van der Waals surface area contributed by atoms with Crippen LogP contribution >= 0.6 is 0 Å². The van der Waals surface area contributed by atoms with Crippen molar-refractivity contribution in [1.29, 1.82) is 5.26 Å². The number of benzene rings is 2. The van der Waals surface area contributed by atoms with Crippen LogP contribution in [0.15, 0.2) is 30.3 Å². The second-order valence-corrected chi connectivity index (χ2v) is 8.77. The van der Waals surface area contributed by atoms with Crippen LogP contribution in [0.4, 0.5) is 13.2 Å². The molecular weight excluding hydrogens is 459 g/mol. The van der Waals surface area contributed by atoms with Crippen LogP contribution in [0.1, 0.15) is 74.2 Å². The van der Waals surface area contributed by atoms with Gasteiger partial charge in [-0.05, 0) is 62.3 Å². The second kappa shape index (κ2) is 13.1. The van der Waals surface area contributed by atoms with Crippen LogP contribution in [0.5, 0.6) is 11.5 Å². The van der Waals surface area contributed by atoms with Crippen LogP contribution in [-0.2, 0) is 4.74 Å². The predicted octanol–water partition coefficient (Wildman–Crippen LogP) is 6.73. The third kappa shape index (κ3) is 7.46. The zero-order valence-electron chi connectivity index (χ0n) is 19.8. The normalized spacial score (nSPS) is 17.6. The summed E-state index contributed by atoms with van der Waals surface area (Å²) in [6, 6.07) is 7.90. The van der Waals surface area contributed by atoms with E-state index in [1.807, 2.05) is 6.07 Å². The van der Waals surface area contributed by atoms with Crippen LogP contribution in [0.3, 0.4) is 0 Å². The van der Waals surface area contributed by atoms with Crippen molar-refractivity contribution < 1.29 is 32.2 Å². The van der Waals surface area contributed by atoms with Crippen molar-refractivity contribution in [2.24, 2.45) is 5.92 Å². The smallest absolute Gasteiger partial charge is 0.349 e. The van der Waals surface area contributed by atoms with E-state index in [1.54, 1.807) is 0 Å². The summed E-state index contributed by atoms with van der Waals surface area (Å²) in [6.07, 6.45) is 8.22. The summed E-state index contributed by atoms with van der Waals surface area (Å²) >= 11 is 0. The summed E-state index contributed by atoms with van der Waals surface area (Å²) < 4.78 is 59.9. The van der Waals surface area contributed by atoms with E-state index in [2.05, 4.69) is 6.92 Å². The average molecular weight is 490 g/mol. The molecule has 0 amide bonds. The Morgan fingerprint density at radius 2 is 1.74 bits per heavy atom. The number of hydrogen-bond acceptors (Lipinski definition) is 5. The minimum absolute atomic E-state index is 0.0333. The number of nitriles is 1. The Labute approximate surface area is 203 Å². The molecular formula is C27H30F3NO4. The zero-order chi connectivity index (χ0) is 25.2. The molecule has 0 heterocycles.